The number of benzene rings is 2. The Hall–Kier alpha value is -4.39. The number of carbonyl (C=O) groups is 1. The van der Waals surface area contributed by atoms with Crippen molar-refractivity contribution in [3.63, 3.8) is 0 Å². The molecule has 5 rings (SSSR count). The fraction of sp³-hybridized carbons (Fsp3) is 0.207. The lowest BCUT2D eigenvalue weighted by atomic mass is 9.92. The number of amidine groups is 1. The fourth-order valence-corrected chi connectivity index (χ4v) is 4.74. The SMILES string of the molecule is C=N/C=C1\C=C(/C)c2ccc(=O)n(n2)Cc2cccc(c2)C(=O)NC2=Nc3ccccc3C2CCC1. The molecule has 2 aromatic carbocycles. The van der Waals surface area contributed by atoms with Crippen molar-refractivity contribution in [3.05, 3.63) is 111 Å². The molecule has 0 aliphatic carbocycles. The minimum atomic E-state index is -0.222. The number of hydrogen-bond donors (Lipinski definition) is 1. The van der Waals surface area contributed by atoms with E-state index in [9.17, 15) is 9.59 Å². The van der Waals surface area contributed by atoms with Gasteiger partial charge in [-0.15, -0.1) is 0 Å². The first-order valence-corrected chi connectivity index (χ1v) is 12.0. The van der Waals surface area contributed by atoms with Gasteiger partial charge < -0.3 is 5.32 Å². The molecule has 7 nitrogen and oxygen atoms in total. The lowest BCUT2D eigenvalue weighted by Gasteiger charge is -2.16. The number of hydrogen-bond acceptors (Lipinski definition) is 5. The van der Waals surface area contributed by atoms with Crippen LogP contribution in [0.1, 0.15) is 59.3 Å². The van der Waals surface area contributed by atoms with Crippen LogP contribution in [0, 0.1) is 0 Å². The van der Waals surface area contributed by atoms with E-state index in [1.54, 1.807) is 24.4 Å². The topological polar surface area (TPSA) is 88.7 Å². The Labute approximate surface area is 209 Å². The standard InChI is InChI=1S/C29H27N5O2/c1-19-15-20(17-30-2)7-6-11-24-23-10-3-4-12-26(23)31-28(24)32-29(36)22-9-5-8-21(16-22)18-34-27(35)14-13-25(19)33-34/h3-5,8-10,12-17,24H,2,6-7,11,18H2,1H3,(H,31,32,36)/b19-15+,20-17-. The number of para-hydroxylation sites is 1. The lowest BCUT2D eigenvalue weighted by Crippen LogP contribution is -2.33. The maximum Gasteiger partial charge on any atom is 0.267 e. The van der Waals surface area contributed by atoms with Crippen LogP contribution in [0.3, 0.4) is 0 Å². The van der Waals surface area contributed by atoms with Crippen molar-refractivity contribution in [2.24, 2.45) is 9.98 Å². The minimum Gasteiger partial charge on any atom is -0.310 e. The van der Waals surface area contributed by atoms with Gasteiger partial charge >= 0.3 is 0 Å². The molecule has 7 heteroatoms. The first-order chi connectivity index (χ1) is 17.5. The summed E-state index contributed by atoms with van der Waals surface area (Å²) >= 11 is 0. The molecule has 3 aromatic rings. The molecule has 0 radical (unpaired) electrons. The molecular weight excluding hydrogens is 450 g/mol. The Morgan fingerprint density at radius 2 is 1.97 bits per heavy atom. The molecule has 2 aliphatic heterocycles. The minimum absolute atomic E-state index is 0.00212. The Kier molecular flexibility index (Phi) is 6.54. The molecule has 0 spiro atoms. The van der Waals surface area contributed by atoms with Crippen molar-refractivity contribution in [1.29, 1.82) is 0 Å². The highest BCUT2D eigenvalue weighted by Gasteiger charge is 2.28. The largest absolute Gasteiger partial charge is 0.310 e. The van der Waals surface area contributed by atoms with Crippen LogP contribution in [0.15, 0.2) is 93.3 Å². The molecule has 1 unspecified atom stereocenters. The van der Waals surface area contributed by atoms with Crippen molar-refractivity contribution in [2.45, 2.75) is 38.6 Å². The number of allylic oxidation sites excluding steroid dienone is 3. The molecule has 1 amide bonds. The normalized spacial score (nSPS) is 20.3. The van der Waals surface area contributed by atoms with Gasteiger partial charge in [-0.05, 0) is 79.4 Å². The summed E-state index contributed by atoms with van der Waals surface area (Å²) in [7, 11) is 0. The molecule has 4 bridgehead atoms. The number of carbonyl (C=O) groups excluding carboxylic acids is 1. The van der Waals surface area contributed by atoms with Gasteiger partial charge in [-0.1, -0.05) is 36.4 Å². The summed E-state index contributed by atoms with van der Waals surface area (Å²) < 4.78 is 1.42. The highest BCUT2D eigenvalue weighted by Crippen LogP contribution is 2.38. The smallest absolute Gasteiger partial charge is 0.267 e. The third-order valence-corrected chi connectivity index (χ3v) is 6.53. The summed E-state index contributed by atoms with van der Waals surface area (Å²) in [5.41, 5.74) is 5.80. The zero-order chi connectivity index (χ0) is 25.1. The summed E-state index contributed by atoms with van der Waals surface area (Å²) in [6.45, 7) is 5.86. The fourth-order valence-electron chi connectivity index (χ4n) is 4.74. The van der Waals surface area contributed by atoms with Gasteiger partial charge in [0.05, 0.1) is 17.9 Å². The molecule has 2 aliphatic rings. The summed E-state index contributed by atoms with van der Waals surface area (Å²) in [6, 6.07) is 18.6. The quantitative estimate of drug-likeness (QED) is 0.499. The van der Waals surface area contributed by atoms with Crippen LogP contribution in [0.5, 0.6) is 0 Å². The summed E-state index contributed by atoms with van der Waals surface area (Å²) in [5.74, 6) is 0.447. The van der Waals surface area contributed by atoms with Crippen LogP contribution < -0.4 is 10.9 Å². The second-order valence-electron chi connectivity index (χ2n) is 9.08. The van der Waals surface area contributed by atoms with Crippen molar-refractivity contribution in [3.8, 4) is 0 Å². The van der Waals surface area contributed by atoms with E-state index in [0.717, 1.165) is 47.2 Å². The van der Waals surface area contributed by atoms with Gasteiger partial charge in [-0.3, -0.25) is 14.6 Å². The lowest BCUT2D eigenvalue weighted by molar-refractivity contribution is 0.0976. The van der Waals surface area contributed by atoms with Crippen LogP contribution in [0.2, 0.25) is 0 Å². The number of fused-ring (bicyclic) bond motifs is 7. The van der Waals surface area contributed by atoms with E-state index in [1.807, 2.05) is 43.3 Å². The maximum absolute atomic E-state index is 13.2. The molecule has 1 N–H and O–H groups in total. The molecule has 3 heterocycles. The Morgan fingerprint density at radius 3 is 2.83 bits per heavy atom. The third kappa shape index (κ3) is 4.86. The Morgan fingerprint density at radius 1 is 1.11 bits per heavy atom. The second kappa shape index (κ2) is 10.1. The molecule has 0 fully saturated rings. The van der Waals surface area contributed by atoms with E-state index in [2.05, 4.69) is 28.2 Å². The highest BCUT2D eigenvalue weighted by atomic mass is 16.1. The van der Waals surface area contributed by atoms with E-state index >= 15 is 0 Å². The van der Waals surface area contributed by atoms with Gasteiger partial charge in [0.25, 0.3) is 11.5 Å². The number of aliphatic imine (C=N–C) groups is 2. The number of rotatable bonds is 1. The summed E-state index contributed by atoms with van der Waals surface area (Å²) in [5, 5.41) is 7.64. The highest BCUT2D eigenvalue weighted by molar-refractivity contribution is 6.10. The second-order valence-corrected chi connectivity index (χ2v) is 9.08. The van der Waals surface area contributed by atoms with Crippen LogP contribution >= 0.6 is 0 Å². The van der Waals surface area contributed by atoms with Gasteiger partial charge in [-0.2, -0.15) is 5.10 Å². The first kappa shape index (κ1) is 23.4. The van der Waals surface area contributed by atoms with E-state index in [1.165, 1.54) is 10.7 Å². The Bertz CT molecular complexity index is 1500. The molecule has 1 atom stereocenters. The zero-order valence-corrected chi connectivity index (χ0v) is 20.1. The van der Waals surface area contributed by atoms with Gasteiger partial charge in [0.15, 0.2) is 0 Å². The number of nitrogens with zero attached hydrogens (tertiary/aromatic N) is 4. The average molecular weight is 478 g/mol. The van der Waals surface area contributed by atoms with Gasteiger partial charge in [0.1, 0.15) is 5.84 Å². The van der Waals surface area contributed by atoms with Crippen LogP contribution in [-0.4, -0.2) is 28.2 Å². The summed E-state index contributed by atoms with van der Waals surface area (Å²) in [6.07, 6.45) is 6.26. The summed E-state index contributed by atoms with van der Waals surface area (Å²) in [4.78, 5) is 34.5. The zero-order valence-electron chi connectivity index (χ0n) is 20.1. The van der Waals surface area contributed by atoms with Crippen molar-refractivity contribution in [2.75, 3.05) is 0 Å². The van der Waals surface area contributed by atoms with Crippen molar-refractivity contribution < 1.29 is 4.79 Å². The Balaban J connectivity index is 1.57. The van der Waals surface area contributed by atoms with Crippen LogP contribution in [0.4, 0.5) is 5.69 Å². The van der Waals surface area contributed by atoms with Crippen molar-refractivity contribution >= 4 is 29.7 Å². The van der Waals surface area contributed by atoms with E-state index in [-0.39, 0.29) is 23.9 Å². The molecule has 0 saturated heterocycles. The maximum atomic E-state index is 13.2. The average Bonchev–Trinajstić information content (AvgIpc) is 3.22. The van der Waals surface area contributed by atoms with Gasteiger partial charge in [-0.25, -0.2) is 9.67 Å². The number of nitrogens with one attached hydrogen (secondary N) is 1. The van der Waals surface area contributed by atoms with Crippen LogP contribution in [0.25, 0.3) is 5.57 Å². The molecule has 180 valence electrons. The first-order valence-electron chi connectivity index (χ1n) is 12.0. The van der Waals surface area contributed by atoms with Gasteiger partial charge in [0, 0.05) is 23.7 Å². The third-order valence-electron chi connectivity index (χ3n) is 6.53. The van der Waals surface area contributed by atoms with E-state index in [0.29, 0.717) is 17.1 Å². The van der Waals surface area contributed by atoms with Gasteiger partial charge in [0.2, 0.25) is 0 Å². The number of aromatic nitrogens is 2. The monoisotopic (exact) mass is 477 g/mol. The predicted molar refractivity (Wildman–Crippen MR) is 143 cm³/mol. The molecule has 36 heavy (non-hydrogen) atoms. The molecular formula is C29H27N5O2. The van der Waals surface area contributed by atoms with Crippen molar-refractivity contribution in [1.82, 2.24) is 15.1 Å². The molecule has 0 saturated carbocycles. The van der Waals surface area contributed by atoms with E-state index in [4.69, 9.17) is 4.99 Å². The predicted octanol–water partition coefficient (Wildman–Crippen LogP) is 5.02. The molecule has 1 aromatic heterocycles. The van der Waals surface area contributed by atoms with E-state index < -0.39 is 0 Å². The number of amides is 1. The van der Waals surface area contributed by atoms with Crippen LogP contribution in [-0.2, 0) is 6.54 Å².